The van der Waals surface area contributed by atoms with Crippen LogP contribution in [-0.4, -0.2) is 25.5 Å². The molecule has 0 atom stereocenters. The van der Waals surface area contributed by atoms with Crippen LogP contribution in [0.15, 0.2) is 24.3 Å². The highest BCUT2D eigenvalue weighted by Gasteiger charge is 2.11. The number of hydrogen-bond donors (Lipinski definition) is 2. The molecule has 0 radical (unpaired) electrons. The van der Waals surface area contributed by atoms with Gasteiger partial charge in [0, 0.05) is 18.2 Å². The van der Waals surface area contributed by atoms with Gasteiger partial charge in [0.2, 0.25) is 0 Å². The average molecular weight is 234 g/mol. The smallest absolute Gasteiger partial charge is 0.273 e. The van der Waals surface area contributed by atoms with E-state index in [2.05, 4.69) is 25.9 Å². The molecule has 0 amide bonds. The van der Waals surface area contributed by atoms with Gasteiger partial charge in [0.1, 0.15) is 0 Å². The molecule has 0 aliphatic rings. The summed E-state index contributed by atoms with van der Waals surface area (Å²) in [5.41, 5.74) is 0.731. The zero-order valence-electron chi connectivity index (χ0n) is 8.83. The molecule has 1 aromatic carbocycles. The van der Waals surface area contributed by atoms with Crippen molar-refractivity contribution in [2.75, 3.05) is 0 Å². The Kier molecular flexibility index (Phi) is 3.36. The van der Waals surface area contributed by atoms with E-state index in [9.17, 15) is 10.1 Å². The number of benzene rings is 1. The molecule has 0 saturated carbocycles. The molecule has 2 rings (SSSR count). The summed E-state index contributed by atoms with van der Waals surface area (Å²) in [6.45, 7) is 0.786. The van der Waals surface area contributed by atoms with E-state index in [-0.39, 0.29) is 5.69 Å². The topological polar surface area (TPSA) is 110 Å². The Morgan fingerprint density at radius 1 is 1.35 bits per heavy atom. The van der Waals surface area contributed by atoms with E-state index in [1.807, 2.05) is 0 Å². The highest BCUT2D eigenvalue weighted by molar-refractivity contribution is 5.39. The Morgan fingerprint density at radius 2 is 2.18 bits per heavy atom. The minimum Gasteiger partial charge on any atom is -0.305 e. The minimum atomic E-state index is -0.397. The third-order valence-corrected chi connectivity index (χ3v) is 2.18. The molecule has 8 nitrogen and oxygen atoms in total. The highest BCUT2D eigenvalue weighted by Crippen LogP contribution is 2.16. The summed E-state index contributed by atoms with van der Waals surface area (Å²) >= 11 is 0. The van der Waals surface area contributed by atoms with Crippen molar-refractivity contribution in [3.05, 3.63) is 45.8 Å². The maximum Gasteiger partial charge on any atom is 0.273 e. The number of rotatable bonds is 5. The lowest BCUT2D eigenvalue weighted by Crippen LogP contribution is -2.14. The third-order valence-electron chi connectivity index (χ3n) is 2.18. The molecule has 17 heavy (non-hydrogen) atoms. The first-order chi connectivity index (χ1) is 8.27. The van der Waals surface area contributed by atoms with Crippen molar-refractivity contribution in [1.29, 1.82) is 0 Å². The number of hydrogen-bond acceptors (Lipinski definition) is 6. The van der Waals surface area contributed by atoms with Crippen LogP contribution in [0.25, 0.3) is 0 Å². The lowest BCUT2D eigenvalue weighted by atomic mass is 10.2. The molecule has 0 aliphatic heterocycles. The minimum absolute atomic E-state index is 0.105. The lowest BCUT2D eigenvalue weighted by molar-refractivity contribution is -0.385. The summed E-state index contributed by atoms with van der Waals surface area (Å²) in [6.07, 6.45) is 0. The van der Waals surface area contributed by atoms with Crippen molar-refractivity contribution in [2.45, 2.75) is 13.1 Å². The Morgan fingerprint density at radius 3 is 2.88 bits per heavy atom. The van der Waals surface area contributed by atoms with Crippen LogP contribution in [-0.2, 0) is 13.1 Å². The number of aromatic nitrogens is 4. The Bertz CT molecular complexity index is 498. The van der Waals surface area contributed by atoms with Gasteiger partial charge in [-0.15, -0.1) is 10.2 Å². The second kappa shape index (κ2) is 5.12. The van der Waals surface area contributed by atoms with Gasteiger partial charge < -0.3 is 5.32 Å². The van der Waals surface area contributed by atoms with Crippen LogP contribution in [0.2, 0.25) is 0 Å². The Labute approximate surface area is 96.2 Å². The molecule has 88 valence electrons. The molecule has 0 saturated heterocycles. The second-order valence-corrected chi connectivity index (χ2v) is 3.32. The van der Waals surface area contributed by atoms with Gasteiger partial charge in [0.05, 0.1) is 11.5 Å². The van der Waals surface area contributed by atoms with E-state index in [1.165, 1.54) is 6.07 Å². The van der Waals surface area contributed by atoms with Crippen LogP contribution < -0.4 is 5.32 Å². The Balaban J connectivity index is 1.97. The summed E-state index contributed by atoms with van der Waals surface area (Å²) in [6, 6.07) is 6.59. The van der Waals surface area contributed by atoms with Crippen molar-refractivity contribution in [3.63, 3.8) is 0 Å². The molecule has 2 N–H and O–H groups in total. The fourth-order valence-electron chi connectivity index (χ4n) is 1.40. The molecule has 1 aromatic heterocycles. The zero-order chi connectivity index (χ0) is 12.1. The monoisotopic (exact) mass is 234 g/mol. The first kappa shape index (κ1) is 11.1. The average Bonchev–Trinajstić information content (AvgIpc) is 2.82. The number of aromatic amines is 1. The van der Waals surface area contributed by atoms with E-state index in [0.29, 0.717) is 24.5 Å². The number of nitrogens with zero attached hydrogens (tertiary/aromatic N) is 4. The molecule has 2 aromatic rings. The van der Waals surface area contributed by atoms with Crippen molar-refractivity contribution < 1.29 is 4.92 Å². The van der Waals surface area contributed by atoms with Gasteiger partial charge in [-0.1, -0.05) is 23.4 Å². The summed E-state index contributed by atoms with van der Waals surface area (Å²) < 4.78 is 0. The highest BCUT2D eigenvalue weighted by atomic mass is 16.6. The zero-order valence-corrected chi connectivity index (χ0v) is 8.83. The van der Waals surface area contributed by atoms with Gasteiger partial charge in [-0.25, -0.2) is 0 Å². The fraction of sp³-hybridized carbons (Fsp3) is 0.222. The summed E-state index contributed by atoms with van der Waals surface area (Å²) in [4.78, 5) is 10.4. The van der Waals surface area contributed by atoms with Crippen LogP contribution in [0, 0.1) is 10.1 Å². The van der Waals surface area contributed by atoms with E-state index in [4.69, 9.17) is 0 Å². The number of H-pyrrole nitrogens is 1. The van der Waals surface area contributed by atoms with Crippen molar-refractivity contribution in [2.24, 2.45) is 0 Å². The van der Waals surface area contributed by atoms with E-state index in [1.54, 1.807) is 18.2 Å². The number of para-hydroxylation sites is 1. The van der Waals surface area contributed by atoms with Gasteiger partial charge in [-0.3, -0.25) is 10.1 Å². The van der Waals surface area contributed by atoms with E-state index in [0.717, 1.165) is 0 Å². The van der Waals surface area contributed by atoms with Crippen LogP contribution in [0.5, 0.6) is 0 Å². The SMILES string of the molecule is O=[N+]([O-])c1ccccc1CNCc1nn[nH]n1. The second-order valence-electron chi connectivity index (χ2n) is 3.32. The Hall–Kier alpha value is -2.35. The quantitative estimate of drug-likeness (QED) is 0.572. The molecule has 8 heteroatoms. The molecule has 1 heterocycles. The number of nitro groups is 1. The van der Waals surface area contributed by atoms with Gasteiger partial charge >= 0.3 is 0 Å². The first-order valence-corrected chi connectivity index (χ1v) is 4.92. The van der Waals surface area contributed by atoms with E-state index < -0.39 is 4.92 Å². The van der Waals surface area contributed by atoms with E-state index >= 15 is 0 Å². The molecule has 0 aliphatic carbocycles. The molecule has 0 fully saturated rings. The molecular weight excluding hydrogens is 224 g/mol. The molecular formula is C9H10N6O2. The molecule has 0 bridgehead atoms. The fourth-order valence-corrected chi connectivity index (χ4v) is 1.40. The summed E-state index contributed by atoms with van der Waals surface area (Å²) in [5, 5.41) is 27.0. The molecule has 0 unspecified atom stereocenters. The summed E-state index contributed by atoms with van der Waals surface area (Å²) in [7, 11) is 0. The standard InChI is InChI=1S/C9H10N6O2/c16-15(17)8-4-2-1-3-7(8)5-10-6-9-11-13-14-12-9/h1-4,10H,5-6H2,(H,11,12,13,14). The maximum absolute atomic E-state index is 10.8. The first-order valence-electron chi connectivity index (χ1n) is 4.92. The number of nitrogens with one attached hydrogen (secondary N) is 2. The van der Waals surface area contributed by atoms with Crippen LogP contribution in [0.3, 0.4) is 0 Å². The number of tetrazole rings is 1. The predicted octanol–water partition coefficient (Wildman–Crippen LogP) is 0.398. The maximum atomic E-state index is 10.8. The van der Waals surface area contributed by atoms with Crippen LogP contribution >= 0.6 is 0 Å². The lowest BCUT2D eigenvalue weighted by Gasteiger charge is -2.03. The summed E-state index contributed by atoms with van der Waals surface area (Å²) in [5.74, 6) is 0.517. The molecule has 0 spiro atoms. The van der Waals surface area contributed by atoms with Crippen molar-refractivity contribution in [1.82, 2.24) is 25.9 Å². The third kappa shape index (κ3) is 2.82. The van der Waals surface area contributed by atoms with Gasteiger partial charge in [0.15, 0.2) is 5.82 Å². The normalized spacial score (nSPS) is 10.4. The van der Waals surface area contributed by atoms with Crippen LogP contribution in [0.1, 0.15) is 11.4 Å². The van der Waals surface area contributed by atoms with Crippen molar-refractivity contribution in [3.8, 4) is 0 Å². The van der Waals surface area contributed by atoms with Gasteiger partial charge in [-0.05, 0) is 0 Å². The largest absolute Gasteiger partial charge is 0.305 e. The van der Waals surface area contributed by atoms with Gasteiger partial charge in [-0.2, -0.15) is 5.21 Å². The number of nitro benzene ring substituents is 1. The van der Waals surface area contributed by atoms with Gasteiger partial charge in [0.25, 0.3) is 5.69 Å². The van der Waals surface area contributed by atoms with Crippen LogP contribution in [0.4, 0.5) is 5.69 Å². The van der Waals surface area contributed by atoms with Crippen molar-refractivity contribution >= 4 is 5.69 Å². The predicted molar refractivity (Wildman–Crippen MR) is 57.8 cm³/mol.